The highest BCUT2D eigenvalue weighted by atomic mass is 32.2. The maximum Gasteiger partial charge on any atom is 0.264 e. The number of hydrogen-bond acceptors (Lipinski definition) is 4. The third-order valence-corrected chi connectivity index (χ3v) is 8.94. The fourth-order valence-corrected chi connectivity index (χ4v) is 6.08. The summed E-state index contributed by atoms with van der Waals surface area (Å²) in [5.74, 6) is -0.455. The van der Waals surface area contributed by atoms with Gasteiger partial charge >= 0.3 is 0 Å². The summed E-state index contributed by atoms with van der Waals surface area (Å²) in [6.45, 7) is 13.3. The van der Waals surface area contributed by atoms with Crippen LogP contribution in [-0.2, 0) is 26.2 Å². The molecule has 0 radical (unpaired) electrons. The van der Waals surface area contributed by atoms with Gasteiger partial charge in [0.25, 0.3) is 10.0 Å². The number of carbonyl (C=O) groups excluding carboxylic acids is 2. The van der Waals surface area contributed by atoms with Crippen LogP contribution in [0.1, 0.15) is 69.2 Å². The van der Waals surface area contributed by atoms with Crippen molar-refractivity contribution in [2.45, 2.75) is 84.3 Å². The van der Waals surface area contributed by atoms with Crippen molar-refractivity contribution in [1.29, 1.82) is 0 Å². The van der Waals surface area contributed by atoms with E-state index in [1.165, 1.54) is 4.90 Å². The number of sulfonamides is 1. The Hall–Kier alpha value is -3.65. The molecule has 2 amide bonds. The molecule has 0 saturated heterocycles. The van der Waals surface area contributed by atoms with Gasteiger partial charge in [0.05, 0.1) is 10.6 Å². The van der Waals surface area contributed by atoms with Crippen LogP contribution in [0.25, 0.3) is 0 Å². The number of benzene rings is 3. The lowest BCUT2D eigenvalue weighted by Crippen LogP contribution is -2.53. The van der Waals surface area contributed by atoms with Crippen LogP contribution in [0.3, 0.4) is 0 Å². The average molecular weight is 578 g/mol. The molecule has 0 spiro atoms. The molecule has 0 aliphatic heterocycles. The summed E-state index contributed by atoms with van der Waals surface area (Å²) in [5, 5.41) is 2.93. The molecular formula is C33H43N3O4S. The number of nitrogens with one attached hydrogen (secondary N) is 1. The topological polar surface area (TPSA) is 86.8 Å². The van der Waals surface area contributed by atoms with E-state index in [1.807, 2.05) is 71.0 Å². The second-order valence-corrected chi connectivity index (χ2v) is 13.0. The minimum atomic E-state index is -4.10. The molecule has 0 aliphatic carbocycles. The van der Waals surface area contributed by atoms with Gasteiger partial charge in [-0.25, -0.2) is 8.42 Å². The predicted octanol–water partition coefficient (Wildman–Crippen LogP) is 5.95. The smallest absolute Gasteiger partial charge is 0.264 e. The van der Waals surface area contributed by atoms with Crippen molar-refractivity contribution in [2.75, 3.05) is 10.8 Å². The summed E-state index contributed by atoms with van der Waals surface area (Å²) in [4.78, 5) is 29.1. The fraction of sp³-hybridized carbons (Fsp3) is 0.394. The van der Waals surface area contributed by atoms with E-state index < -0.39 is 28.5 Å². The van der Waals surface area contributed by atoms with Crippen molar-refractivity contribution in [2.24, 2.45) is 0 Å². The number of aryl methyl sites for hydroxylation is 2. The number of nitrogens with zero attached hydrogens (tertiary/aromatic N) is 2. The number of amides is 2. The van der Waals surface area contributed by atoms with E-state index in [4.69, 9.17) is 0 Å². The van der Waals surface area contributed by atoms with Crippen LogP contribution in [-0.4, -0.2) is 43.8 Å². The number of rotatable bonds is 12. The van der Waals surface area contributed by atoms with Crippen LogP contribution in [0.4, 0.5) is 5.69 Å². The first-order valence-corrected chi connectivity index (χ1v) is 15.6. The highest BCUT2D eigenvalue weighted by Gasteiger charge is 2.34. The van der Waals surface area contributed by atoms with Gasteiger partial charge in [-0.15, -0.1) is 0 Å². The first-order chi connectivity index (χ1) is 19.3. The molecule has 3 aromatic carbocycles. The minimum Gasteiger partial charge on any atom is -0.352 e. The monoisotopic (exact) mass is 577 g/mol. The molecule has 3 rings (SSSR count). The zero-order chi connectivity index (χ0) is 30.3. The van der Waals surface area contributed by atoms with Crippen molar-refractivity contribution >= 4 is 27.5 Å². The first kappa shape index (κ1) is 31.9. The zero-order valence-electron chi connectivity index (χ0n) is 25.2. The van der Waals surface area contributed by atoms with Gasteiger partial charge in [0.2, 0.25) is 11.8 Å². The van der Waals surface area contributed by atoms with E-state index in [2.05, 4.69) is 19.2 Å². The molecule has 0 fully saturated rings. The van der Waals surface area contributed by atoms with Gasteiger partial charge in [-0.3, -0.25) is 13.9 Å². The van der Waals surface area contributed by atoms with Gasteiger partial charge in [0, 0.05) is 12.6 Å². The summed E-state index contributed by atoms with van der Waals surface area (Å²) >= 11 is 0. The van der Waals surface area contributed by atoms with Gasteiger partial charge in [-0.2, -0.15) is 0 Å². The van der Waals surface area contributed by atoms with Crippen LogP contribution in [0.15, 0.2) is 77.7 Å². The molecule has 0 bridgehead atoms. The maximum absolute atomic E-state index is 14.2. The zero-order valence-corrected chi connectivity index (χ0v) is 26.0. The Bertz CT molecular complexity index is 1430. The number of carbonyl (C=O) groups is 2. The van der Waals surface area contributed by atoms with Gasteiger partial charge in [0.15, 0.2) is 0 Å². The van der Waals surface area contributed by atoms with Crippen LogP contribution in [0, 0.1) is 13.8 Å². The predicted molar refractivity (Wildman–Crippen MR) is 165 cm³/mol. The van der Waals surface area contributed by atoms with Crippen molar-refractivity contribution in [3.05, 3.63) is 95.1 Å². The van der Waals surface area contributed by atoms with Gasteiger partial charge in [0.1, 0.15) is 12.6 Å². The standard InChI is InChI=1S/C33H43N3O4S/c1-8-31(33(38)34-24(4)5)35(21-28-12-10-9-11-26(28)7)32(37)22-36(29-17-15-27(16-18-29)23(2)3)41(39,40)30-19-13-25(6)14-20-30/h9-20,23-24,31H,8,21-22H2,1-7H3,(H,34,38)/t31-/m0/s1. The van der Waals surface area contributed by atoms with Crippen LogP contribution >= 0.6 is 0 Å². The SMILES string of the molecule is CC[C@@H](C(=O)NC(C)C)N(Cc1ccccc1C)C(=O)CN(c1ccc(C(C)C)cc1)S(=O)(=O)c1ccc(C)cc1. The van der Waals surface area contributed by atoms with Gasteiger partial charge < -0.3 is 10.2 Å². The molecule has 41 heavy (non-hydrogen) atoms. The molecule has 0 heterocycles. The molecule has 3 aromatic rings. The van der Waals surface area contributed by atoms with Crippen molar-refractivity contribution in [3.63, 3.8) is 0 Å². The third kappa shape index (κ3) is 7.97. The summed E-state index contributed by atoms with van der Waals surface area (Å²) in [7, 11) is -4.10. The van der Waals surface area contributed by atoms with Crippen LogP contribution in [0.5, 0.6) is 0 Å². The van der Waals surface area contributed by atoms with E-state index >= 15 is 0 Å². The minimum absolute atomic E-state index is 0.0962. The third-order valence-electron chi connectivity index (χ3n) is 7.15. The molecule has 0 unspecified atom stereocenters. The van der Waals surface area contributed by atoms with E-state index in [-0.39, 0.29) is 29.3 Å². The lowest BCUT2D eigenvalue weighted by molar-refractivity contribution is -0.140. The van der Waals surface area contributed by atoms with Crippen molar-refractivity contribution in [3.8, 4) is 0 Å². The Morgan fingerprint density at radius 3 is 2.00 bits per heavy atom. The van der Waals surface area contributed by atoms with Crippen molar-refractivity contribution < 1.29 is 18.0 Å². The Morgan fingerprint density at radius 1 is 0.854 bits per heavy atom. The average Bonchev–Trinajstić information content (AvgIpc) is 2.92. The Labute approximate surface area is 245 Å². The Morgan fingerprint density at radius 2 is 1.46 bits per heavy atom. The number of hydrogen-bond donors (Lipinski definition) is 1. The summed E-state index contributed by atoms with van der Waals surface area (Å²) in [5.41, 5.74) is 4.26. The van der Waals surface area contributed by atoms with E-state index in [0.717, 1.165) is 26.6 Å². The number of anilines is 1. The quantitative estimate of drug-likeness (QED) is 0.288. The first-order valence-electron chi connectivity index (χ1n) is 14.2. The van der Waals surface area contributed by atoms with Crippen molar-refractivity contribution in [1.82, 2.24) is 10.2 Å². The second-order valence-electron chi connectivity index (χ2n) is 11.1. The normalized spacial score (nSPS) is 12.3. The maximum atomic E-state index is 14.2. The highest BCUT2D eigenvalue weighted by molar-refractivity contribution is 7.92. The molecule has 1 N–H and O–H groups in total. The molecule has 220 valence electrons. The molecule has 1 atom stereocenters. The molecule has 8 heteroatoms. The lowest BCUT2D eigenvalue weighted by atomic mass is 10.0. The molecule has 0 aromatic heterocycles. The molecular weight excluding hydrogens is 534 g/mol. The van der Waals surface area contributed by atoms with Gasteiger partial charge in [-0.1, -0.05) is 74.9 Å². The lowest BCUT2D eigenvalue weighted by Gasteiger charge is -2.34. The largest absolute Gasteiger partial charge is 0.352 e. The fourth-order valence-electron chi connectivity index (χ4n) is 4.66. The molecule has 0 aliphatic rings. The van der Waals surface area contributed by atoms with E-state index in [1.54, 1.807) is 36.4 Å². The van der Waals surface area contributed by atoms with Gasteiger partial charge in [-0.05, 0) is 81.0 Å². The molecule has 0 saturated carbocycles. The summed E-state index contributed by atoms with van der Waals surface area (Å²) in [6.07, 6.45) is 0.379. The highest BCUT2D eigenvalue weighted by Crippen LogP contribution is 2.27. The van der Waals surface area contributed by atoms with Crippen LogP contribution < -0.4 is 9.62 Å². The Kier molecular flexibility index (Phi) is 10.7. The molecule has 7 nitrogen and oxygen atoms in total. The van der Waals surface area contributed by atoms with Crippen LogP contribution in [0.2, 0.25) is 0 Å². The summed E-state index contributed by atoms with van der Waals surface area (Å²) in [6, 6.07) is 20.7. The Balaban J connectivity index is 2.09. The van der Waals surface area contributed by atoms with E-state index in [0.29, 0.717) is 12.1 Å². The second kappa shape index (κ2) is 13.8. The summed E-state index contributed by atoms with van der Waals surface area (Å²) < 4.78 is 29.2. The van der Waals surface area contributed by atoms with E-state index in [9.17, 15) is 18.0 Å².